The van der Waals surface area contributed by atoms with Crippen LogP contribution in [-0.2, 0) is 0 Å². The number of rotatable bonds is 5. The number of pyridine rings is 1. The molecule has 0 aliphatic rings. The van der Waals surface area contributed by atoms with Gasteiger partial charge in [-0.15, -0.1) is 11.3 Å². The topological polar surface area (TPSA) is 58.5 Å². The molecule has 0 unspecified atom stereocenters. The number of fused-ring (bicyclic) bond motifs is 1. The zero-order chi connectivity index (χ0) is 20.1. The molecular formula is C22H18N4OS2. The van der Waals surface area contributed by atoms with Crippen LogP contribution in [0, 0.1) is 0 Å². The fourth-order valence-electron chi connectivity index (χ4n) is 2.78. The fraction of sp³-hybridized carbons (Fsp3) is 0.0455. The van der Waals surface area contributed by atoms with Gasteiger partial charge in [-0.2, -0.15) is 5.10 Å². The molecule has 2 aromatic heterocycles. The third kappa shape index (κ3) is 4.77. The van der Waals surface area contributed by atoms with E-state index < -0.39 is 0 Å². The second-order valence-electron chi connectivity index (χ2n) is 6.18. The number of nitrogens with zero attached hydrogens (tertiary/aromatic N) is 2. The molecule has 7 heteroatoms. The fourth-order valence-corrected chi connectivity index (χ4v) is 3.71. The highest BCUT2D eigenvalue weighted by Crippen LogP contribution is 2.26. The first-order valence-electron chi connectivity index (χ1n) is 8.90. The summed E-state index contributed by atoms with van der Waals surface area (Å²) >= 11 is 6.84. The zero-order valence-electron chi connectivity index (χ0n) is 15.6. The Morgan fingerprint density at radius 1 is 1.10 bits per heavy atom. The number of anilines is 1. The monoisotopic (exact) mass is 418 g/mol. The average molecular weight is 419 g/mol. The Balaban J connectivity index is 1.42. The second kappa shape index (κ2) is 8.81. The van der Waals surface area contributed by atoms with E-state index in [1.807, 2.05) is 54.6 Å². The first-order chi connectivity index (χ1) is 14.2. The minimum Gasteiger partial charge on any atom is -0.497 e. The Bertz CT molecular complexity index is 1170. The van der Waals surface area contributed by atoms with Crippen molar-refractivity contribution in [2.24, 2.45) is 5.10 Å². The summed E-state index contributed by atoms with van der Waals surface area (Å²) in [6.45, 7) is 0. The molecule has 0 aliphatic carbocycles. The second-order valence-corrected chi connectivity index (χ2v) is 7.53. The van der Waals surface area contributed by atoms with Gasteiger partial charge in [-0.25, -0.2) is 4.98 Å². The highest BCUT2D eigenvalue weighted by molar-refractivity contribution is 7.80. The molecule has 0 aliphatic heterocycles. The van der Waals surface area contributed by atoms with Crippen LogP contribution in [0.2, 0.25) is 0 Å². The van der Waals surface area contributed by atoms with Crippen molar-refractivity contribution in [1.29, 1.82) is 0 Å². The highest BCUT2D eigenvalue weighted by atomic mass is 32.1. The van der Waals surface area contributed by atoms with Crippen molar-refractivity contribution in [2.75, 3.05) is 12.4 Å². The molecule has 0 fully saturated rings. The summed E-state index contributed by atoms with van der Waals surface area (Å²) in [7, 11) is 1.66. The first-order valence-corrected chi connectivity index (χ1v) is 10.2. The molecule has 144 valence electrons. The molecular weight excluding hydrogens is 400 g/mol. The van der Waals surface area contributed by atoms with Gasteiger partial charge in [0.25, 0.3) is 0 Å². The van der Waals surface area contributed by atoms with Gasteiger partial charge in [-0.3, -0.25) is 5.43 Å². The van der Waals surface area contributed by atoms with Gasteiger partial charge in [0.15, 0.2) is 5.11 Å². The Morgan fingerprint density at radius 2 is 1.97 bits per heavy atom. The van der Waals surface area contributed by atoms with Gasteiger partial charge in [0, 0.05) is 26.9 Å². The number of nitrogens with one attached hydrogen (secondary N) is 2. The molecule has 0 bridgehead atoms. The van der Waals surface area contributed by atoms with Gasteiger partial charge >= 0.3 is 0 Å². The molecule has 4 aromatic rings. The number of hydrogen-bond acceptors (Lipinski definition) is 5. The van der Waals surface area contributed by atoms with Gasteiger partial charge in [0.1, 0.15) is 5.75 Å². The quantitative estimate of drug-likeness (QED) is 0.262. The van der Waals surface area contributed by atoms with Gasteiger partial charge in [-0.05, 0) is 54.7 Å². The SMILES string of the molecule is COc1ccc2nc(-c3csc(/C=N/NC(=S)Nc4ccccc4)c3)ccc2c1. The van der Waals surface area contributed by atoms with Gasteiger partial charge in [-0.1, -0.05) is 24.3 Å². The van der Waals surface area contributed by atoms with E-state index >= 15 is 0 Å². The third-order valence-corrected chi connectivity index (χ3v) is 5.26. The van der Waals surface area contributed by atoms with Crippen molar-refractivity contribution >= 4 is 51.5 Å². The van der Waals surface area contributed by atoms with Gasteiger partial charge in [0.2, 0.25) is 0 Å². The van der Waals surface area contributed by atoms with Crippen LogP contribution in [0.25, 0.3) is 22.2 Å². The Morgan fingerprint density at radius 3 is 2.79 bits per heavy atom. The number of thiocarbonyl (C=S) groups is 1. The molecule has 0 radical (unpaired) electrons. The summed E-state index contributed by atoms with van der Waals surface area (Å²) in [4.78, 5) is 5.76. The van der Waals surface area contributed by atoms with Crippen molar-refractivity contribution in [2.45, 2.75) is 0 Å². The Kier molecular flexibility index (Phi) is 5.79. The number of benzene rings is 2. The van der Waals surface area contributed by atoms with Gasteiger partial charge < -0.3 is 10.1 Å². The van der Waals surface area contributed by atoms with E-state index in [0.717, 1.165) is 38.5 Å². The average Bonchev–Trinajstić information content (AvgIpc) is 3.22. The van der Waals surface area contributed by atoms with Crippen LogP contribution in [0.3, 0.4) is 0 Å². The lowest BCUT2D eigenvalue weighted by atomic mass is 10.1. The van der Waals surface area contributed by atoms with Crippen LogP contribution in [0.15, 0.2) is 77.2 Å². The molecule has 5 nitrogen and oxygen atoms in total. The van der Waals surface area contributed by atoms with E-state index in [4.69, 9.17) is 21.9 Å². The summed E-state index contributed by atoms with van der Waals surface area (Å²) in [5, 5.41) is 10.8. The van der Waals surface area contributed by atoms with Crippen LogP contribution in [0.1, 0.15) is 4.88 Å². The van der Waals surface area contributed by atoms with Crippen molar-refractivity contribution in [1.82, 2.24) is 10.4 Å². The predicted molar refractivity (Wildman–Crippen MR) is 125 cm³/mol. The lowest BCUT2D eigenvalue weighted by Gasteiger charge is -2.05. The van der Waals surface area contributed by atoms with Crippen LogP contribution < -0.4 is 15.5 Å². The van der Waals surface area contributed by atoms with Crippen LogP contribution >= 0.6 is 23.6 Å². The minimum atomic E-state index is 0.441. The number of thiophene rings is 1. The Labute approximate surface area is 178 Å². The first kappa shape index (κ1) is 19.0. The molecule has 29 heavy (non-hydrogen) atoms. The Hall–Kier alpha value is -3.29. The van der Waals surface area contributed by atoms with Crippen LogP contribution in [-0.4, -0.2) is 23.4 Å². The molecule has 0 spiro atoms. The number of ether oxygens (including phenoxy) is 1. The molecule has 4 rings (SSSR count). The molecule has 0 saturated heterocycles. The summed E-state index contributed by atoms with van der Waals surface area (Å²) < 4.78 is 5.27. The molecule has 0 saturated carbocycles. The van der Waals surface area contributed by atoms with E-state index in [9.17, 15) is 0 Å². The standard InChI is InChI=1S/C22H18N4OS2/c1-27-18-8-10-20-15(11-18)7-9-21(25-20)16-12-19(29-14-16)13-23-26-22(28)24-17-5-3-2-4-6-17/h2-14H,1H3,(H2,24,26,28)/b23-13+. The van der Waals surface area contributed by atoms with Crippen molar-refractivity contribution in [3.8, 4) is 17.0 Å². The highest BCUT2D eigenvalue weighted by Gasteiger charge is 2.05. The lowest BCUT2D eigenvalue weighted by molar-refractivity contribution is 0.415. The molecule has 0 atom stereocenters. The van der Waals surface area contributed by atoms with E-state index in [1.165, 1.54) is 0 Å². The lowest BCUT2D eigenvalue weighted by Crippen LogP contribution is -2.23. The number of para-hydroxylation sites is 1. The summed E-state index contributed by atoms with van der Waals surface area (Å²) in [6.07, 6.45) is 1.75. The molecule has 2 heterocycles. The maximum atomic E-state index is 5.27. The van der Waals surface area contributed by atoms with E-state index in [2.05, 4.69) is 33.4 Å². The number of methoxy groups -OCH3 is 1. The number of aromatic nitrogens is 1. The van der Waals surface area contributed by atoms with E-state index in [0.29, 0.717) is 5.11 Å². The van der Waals surface area contributed by atoms with E-state index in [-0.39, 0.29) is 0 Å². The molecule has 0 amide bonds. The van der Waals surface area contributed by atoms with Crippen molar-refractivity contribution in [3.63, 3.8) is 0 Å². The summed E-state index contributed by atoms with van der Waals surface area (Å²) in [5.74, 6) is 0.827. The number of hydrazone groups is 1. The van der Waals surface area contributed by atoms with Crippen molar-refractivity contribution < 1.29 is 4.74 Å². The number of hydrogen-bond donors (Lipinski definition) is 2. The smallest absolute Gasteiger partial charge is 0.191 e. The molecule has 2 aromatic carbocycles. The van der Waals surface area contributed by atoms with Crippen LogP contribution in [0.5, 0.6) is 5.75 Å². The maximum Gasteiger partial charge on any atom is 0.191 e. The van der Waals surface area contributed by atoms with Crippen LogP contribution in [0.4, 0.5) is 5.69 Å². The molecule has 2 N–H and O–H groups in total. The summed E-state index contributed by atoms with van der Waals surface area (Å²) in [5.41, 5.74) is 6.66. The summed E-state index contributed by atoms with van der Waals surface area (Å²) in [6, 6.07) is 21.7. The maximum absolute atomic E-state index is 5.27. The van der Waals surface area contributed by atoms with E-state index in [1.54, 1.807) is 24.7 Å². The third-order valence-electron chi connectivity index (χ3n) is 4.20. The minimum absolute atomic E-state index is 0.441. The van der Waals surface area contributed by atoms with Crippen molar-refractivity contribution in [3.05, 3.63) is 77.0 Å². The zero-order valence-corrected chi connectivity index (χ0v) is 17.3. The largest absolute Gasteiger partial charge is 0.497 e. The van der Waals surface area contributed by atoms with Gasteiger partial charge in [0.05, 0.1) is 24.5 Å². The normalized spacial score (nSPS) is 10.9. The predicted octanol–water partition coefficient (Wildman–Crippen LogP) is 5.29.